The lowest BCUT2D eigenvalue weighted by molar-refractivity contribution is -0.402. The second-order valence-corrected chi connectivity index (χ2v) is 8.68. The number of aromatic nitrogens is 1. The molecular formula is C26H15FN4O5S. The van der Waals surface area contributed by atoms with Crippen LogP contribution in [0.2, 0.25) is 0 Å². The van der Waals surface area contributed by atoms with E-state index in [0.717, 1.165) is 28.6 Å². The van der Waals surface area contributed by atoms with E-state index in [-0.39, 0.29) is 22.2 Å². The average molecular weight is 514 g/mol. The summed E-state index contributed by atoms with van der Waals surface area (Å²) in [6.45, 7) is 0. The highest BCUT2D eigenvalue weighted by atomic mass is 32.1. The van der Waals surface area contributed by atoms with Gasteiger partial charge in [-0.2, -0.15) is 10.1 Å². The van der Waals surface area contributed by atoms with Crippen LogP contribution in [-0.2, 0) is 0 Å². The summed E-state index contributed by atoms with van der Waals surface area (Å²) in [4.78, 5) is 40.7. The number of halogens is 1. The Labute approximate surface area is 212 Å². The van der Waals surface area contributed by atoms with Gasteiger partial charge >= 0.3 is 5.88 Å². The molecule has 2 aromatic heterocycles. The van der Waals surface area contributed by atoms with E-state index in [1.807, 2.05) is 6.07 Å². The summed E-state index contributed by atoms with van der Waals surface area (Å²) in [5, 5.41) is 16.2. The van der Waals surface area contributed by atoms with Gasteiger partial charge in [-0.15, -0.1) is 0 Å². The fourth-order valence-electron chi connectivity index (χ4n) is 3.43. The molecule has 0 fully saturated rings. The minimum Gasteiger partial charge on any atom is -0.400 e. The zero-order valence-corrected chi connectivity index (χ0v) is 19.6. The molecule has 1 amide bonds. The molecule has 0 aliphatic heterocycles. The van der Waals surface area contributed by atoms with E-state index in [2.05, 4.69) is 10.1 Å². The first-order valence-corrected chi connectivity index (χ1v) is 11.6. The monoisotopic (exact) mass is 514 g/mol. The summed E-state index contributed by atoms with van der Waals surface area (Å²) in [7, 11) is 0. The van der Waals surface area contributed by atoms with Crippen LogP contribution in [-0.4, -0.2) is 27.8 Å². The molecule has 3 aromatic carbocycles. The van der Waals surface area contributed by atoms with Crippen molar-refractivity contribution in [3.8, 4) is 0 Å². The Bertz CT molecular complexity index is 1660. The van der Waals surface area contributed by atoms with Gasteiger partial charge in [-0.3, -0.25) is 19.7 Å². The minimum absolute atomic E-state index is 0.0421. The Morgan fingerprint density at radius 1 is 0.973 bits per heavy atom. The topological polar surface area (TPSA) is 119 Å². The predicted molar refractivity (Wildman–Crippen MR) is 136 cm³/mol. The molecule has 2 heterocycles. The van der Waals surface area contributed by atoms with Crippen LogP contribution in [0.5, 0.6) is 0 Å². The second-order valence-electron chi connectivity index (χ2n) is 7.68. The van der Waals surface area contributed by atoms with Crippen molar-refractivity contribution in [2.45, 2.75) is 0 Å². The van der Waals surface area contributed by atoms with E-state index in [4.69, 9.17) is 4.42 Å². The van der Waals surface area contributed by atoms with E-state index in [9.17, 15) is 24.1 Å². The number of hydrazone groups is 1. The highest BCUT2D eigenvalue weighted by Crippen LogP contribution is 2.31. The maximum Gasteiger partial charge on any atom is 0.433 e. The first-order valence-electron chi connectivity index (χ1n) is 10.8. The second kappa shape index (κ2) is 9.91. The van der Waals surface area contributed by atoms with Gasteiger partial charge in [-0.25, -0.2) is 9.37 Å². The number of nitrogens with zero attached hydrogens (tertiary/aromatic N) is 4. The number of thiazole rings is 1. The van der Waals surface area contributed by atoms with Crippen molar-refractivity contribution < 1.29 is 23.3 Å². The number of nitro groups is 1. The third-order valence-electron chi connectivity index (χ3n) is 5.24. The molecule has 0 saturated heterocycles. The van der Waals surface area contributed by atoms with E-state index in [0.29, 0.717) is 21.3 Å². The molecule has 182 valence electrons. The number of furan rings is 1. The largest absolute Gasteiger partial charge is 0.433 e. The van der Waals surface area contributed by atoms with Crippen LogP contribution in [0.25, 0.3) is 10.2 Å². The fraction of sp³-hybridized carbons (Fsp3) is 0. The van der Waals surface area contributed by atoms with Gasteiger partial charge in [0.25, 0.3) is 5.91 Å². The van der Waals surface area contributed by atoms with Crippen molar-refractivity contribution in [2.24, 2.45) is 5.10 Å². The molecule has 0 spiro atoms. The van der Waals surface area contributed by atoms with Crippen molar-refractivity contribution in [1.29, 1.82) is 0 Å². The molecular weight excluding hydrogens is 499 g/mol. The van der Waals surface area contributed by atoms with E-state index < -0.39 is 22.5 Å². The molecule has 11 heteroatoms. The number of hydrogen-bond donors (Lipinski definition) is 0. The van der Waals surface area contributed by atoms with Gasteiger partial charge in [0.05, 0.1) is 22.5 Å². The molecule has 37 heavy (non-hydrogen) atoms. The summed E-state index contributed by atoms with van der Waals surface area (Å²) in [6, 6.07) is 21.3. The maximum absolute atomic E-state index is 13.7. The smallest absolute Gasteiger partial charge is 0.400 e. The number of carbonyl (C=O) groups is 2. The molecule has 0 N–H and O–H groups in total. The van der Waals surface area contributed by atoms with Crippen LogP contribution >= 0.6 is 11.3 Å². The van der Waals surface area contributed by atoms with Crippen molar-refractivity contribution in [3.05, 3.63) is 123 Å². The maximum atomic E-state index is 13.7. The zero-order valence-electron chi connectivity index (χ0n) is 18.8. The molecule has 0 radical (unpaired) electrons. The fourth-order valence-corrected chi connectivity index (χ4v) is 4.38. The van der Waals surface area contributed by atoms with E-state index >= 15 is 0 Å². The number of anilines is 1. The van der Waals surface area contributed by atoms with E-state index in [1.165, 1.54) is 48.5 Å². The molecule has 9 nitrogen and oxygen atoms in total. The molecule has 0 aliphatic rings. The number of benzene rings is 3. The summed E-state index contributed by atoms with van der Waals surface area (Å²) in [6.07, 6.45) is 1.14. The van der Waals surface area contributed by atoms with Crippen LogP contribution in [0.3, 0.4) is 0 Å². The number of rotatable bonds is 7. The summed E-state index contributed by atoms with van der Waals surface area (Å²) >= 11 is 1.04. The highest BCUT2D eigenvalue weighted by Gasteiger charge is 2.22. The van der Waals surface area contributed by atoms with Gasteiger partial charge in [0, 0.05) is 16.7 Å². The highest BCUT2D eigenvalue weighted by molar-refractivity contribution is 7.22. The summed E-state index contributed by atoms with van der Waals surface area (Å²) < 4.78 is 19.3. The molecule has 0 saturated carbocycles. The van der Waals surface area contributed by atoms with Crippen LogP contribution in [0.4, 0.5) is 15.4 Å². The van der Waals surface area contributed by atoms with Gasteiger partial charge in [-0.05, 0) is 36.4 Å². The number of amides is 1. The van der Waals surface area contributed by atoms with Gasteiger partial charge in [-0.1, -0.05) is 53.8 Å². The number of fused-ring (bicyclic) bond motifs is 1. The van der Waals surface area contributed by atoms with Gasteiger partial charge in [0.15, 0.2) is 11.5 Å². The van der Waals surface area contributed by atoms with Gasteiger partial charge in [0.1, 0.15) is 10.7 Å². The lowest BCUT2D eigenvalue weighted by atomic mass is 10.0. The Morgan fingerprint density at radius 3 is 2.38 bits per heavy atom. The standard InChI is InChI=1S/C26H15FN4O5S/c27-19-10-12-21-22(14-19)37-26(29-21)30(28-15-20-11-13-23(36-20)31(34)35)25(33)18-8-6-17(7-9-18)24(32)16-4-2-1-3-5-16/h1-15H/b28-15+. The van der Waals surface area contributed by atoms with Gasteiger partial charge in [0.2, 0.25) is 5.13 Å². The average Bonchev–Trinajstić information content (AvgIpc) is 3.56. The normalized spacial score (nSPS) is 11.2. The number of carbonyl (C=O) groups excluding carboxylic acids is 2. The SMILES string of the molecule is O=C(c1ccccc1)c1ccc(C(=O)N(/N=C/c2ccc([N+](=O)[O-])o2)c2nc3ccc(F)cc3s2)cc1. The third-order valence-corrected chi connectivity index (χ3v) is 6.23. The molecule has 0 bridgehead atoms. The van der Waals surface area contributed by atoms with Crippen LogP contribution < -0.4 is 5.01 Å². The number of hydrogen-bond acceptors (Lipinski definition) is 8. The van der Waals surface area contributed by atoms with E-state index in [1.54, 1.807) is 24.3 Å². The lowest BCUT2D eigenvalue weighted by Crippen LogP contribution is -2.25. The Kier molecular flexibility index (Phi) is 6.35. The minimum atomic E-state index is -0.694. The Morgan fingerprint density at radius 2 is 1.68 bits per heavy atom. The van der Waals surface area contributed by atoms with Crippen LogP contribution in [0.15, 0.2) is 94.4 Å². The van der Waals surface area contributed by atoms with Gasteiger partial charge < -0.3 is 4.42 Å². The number of ketones is 1. The third kappa shape index (κ3) is 5.02. The predicted octanol–water partition coefficient (Wildman–Crippen LogP) is 5.85. The summed E-state index contributed by atoms with van der Waals surface area (Å²) in [5.41, 5.74) is 1.59. The molecule has 5 aromatic rings. The van der Waals surface area contributed by atoms with Crippen molar-refractivity contribution in [1.82, 2.24) is 4.98 Å². The van der Waals surface area contributed by atoms with Crippen LogP contribution in [0, 0.1) is 15.9 Å². The summed E-state index contributed by atoms with van der Waals surface area (Å²) in [5.74, 6) is -1.67. The Balaban J connectivity index is 1.48. The quantitative estimate of drug-likeness (QED) is 0.116. The van der Waals surface area contributed by atoms with Crippen LogP contribution in [0.1, 0.15) is 32.0 Å². The Hall–Kier alpha value is -5.03. The van der Waals surface area contributed by atoms with Crippen molar-refractivity contribution in [2.75, 3.05) is 5.01 Å². The molecule has 5 rings (SSSR count). The first-order chi connectivity index (χ1) is 17.9. The lowest BCUT2D eigenvalue weighted by Gasteiger charge is -2.14. The first kappa shape index (κ1) is 23.7. The van der Waals surface area contributed by atoms with Crippen molar-refractivity contribution in [3.63, 3.8) is 0 Å². The zero-order chi connectivity index (χ0) is 25.9. The molecule has 0 atom stereocenters. The van der Waals surface area contributed by atoms with Crippen molar-refractivity contribution >= 4 is 50.5 Å². The molecule has 0 unspecified atom stereocenters. The molecule has 0 aliphatic carbocycles.